The van der Waals surface area contributed by atoms with Crippen LogP contribution in [0.4, 0.5) is 8.78 Å². The SMILES string of the molecule is CCOC1CC(N)C1NS(=O)(=O)C(F)F. The number of nitrogens with two attached hydrogens (primary N) is 1. The van der Waals surface area contributed by atoms with E-state index in [0.29, 0.717) is 13.0 Å². The monoisotopic (exact) mass is 244 g/mol. The van der Waals surface area contributed by atoms with Crippen molar-refractivity contribution >= 4 is 10.0 Å². The molecule has 3 unspecified atom stereocenters. The van der Waals surface area contributed by atoms with E-state index in [1.165, 1.54) is 0 Å². The molecule has 1 rings (SSSR count). The fourth-order valence-electron chi connectivity index (χ4n) is 1.43. The highest BCUT2D eigenvalue weighted by Gasteiger charge is 2.43. The molecule has 0 saturated heterocycles. The highest BCUT2D eigenvalue weighted by molar-refractivity contribution is 7.89. The zero-order chi connectivity index (χ0) is 11.6. The van der Waals surface area contributed by atoms with Crippen LogP contribution in [-0.2, 0) is 14.8 Å². The third-order valence-electron chi connectivity index (χ3n) is 2.28. The highest BCUT2D eigenvalue weighted by Crippen LogP contribution is 2.24. The van der Waals surface area contributed by atoms with Gasteiger partial charge in [0.2, 0.25) is 0 Å². The first-order valence-electron chi connectivity index (χ1n) is 4.55. The molecule has 0 spiro atoms. The Morgan fingerprint density at radius 2 is 2.20 bits per heavy atom. The summed E-state index contributed by atoms with van der Waals surface area (Å²) in [6.45, 7) is 2.13. The van der Waals surface area contributed by atoms with Gasteiger partial charge in [0, 0.05) is 12.6 Å². The zero-order valence-electron chi connectivity index (χ0n) is 8.19. The van der Waals surface area contributed by atoms with E-state index in [2.05, 4.69) is 0 Å². The summed E-state index contributed by atoms with van der Waals surface area (Å²) in [6.07, 6.45) is 0.0723. The number of ether oxygens (including phenoxy) is 1. The van der Waals surface area contributed by atoms with Crippen LogP contribution in [0.25, 0.3) is 0 Å². The quantitative estimate of drug-likeness (QED) is 0.691. The second kappa shape index (κ2) is 4.69. The Balaban J connectivity index is 2.57. The van der Waals surface area contributed by atoms with Gasteiger partial charge in [0.1, 0.15) is 0 Å². The van der Waals surface area contributed by atoms with Crippen molar-refractivity contribution in [1.82, 2.24) is 4.72 Å². The van der Waals surface area contributed by atoms with Gasteiger partial charge in [-0.15, -0.1) is 0 Å². The molecule has 0 aromatic rings. The van der Waals surface area contributed by atoms with Crippen molar-refractivity contribution in [2.75, 3.05) is 6.61 Å². The minimum atomic E-state index is -4.59. The molecule has 15 heavy (non-hydrogen) atoms. The molecule has 0 bridgehead atoms. The number of hydrogen-bond donors (Lipinski definition) is 2. The summed E-state index contributed by atoms with van der Waals surface area (Å²) < 4.78 is 52.8. The van der Waals surface area contributed by atoms with Crippen LogP contribution in [0.5, 0.6) is 0 Å². The van der Waals surface area contributed by atoms with Crippen molar-refractivity contribution < 1.29 is 21.9 Å². The van der Waals surface area contributed by atoms with Crippen molar-refractivity contribution in [2.24, 2.45) is 5.73 Å². The average molecular weight is 244 g/mol. The maximum Gasteiger partial charge on any atom is 0.350 e. The standard InChI is InChI=1S/C7H14F2N2O3S/c1-2-14-5-3-4(10)6(5)11-15(12,13)7(8)9/h4-7,11H,2-3,10H2,1H3. The molecule has 5 nitrogen and oxygen atoms in total. The van der Waals surface area contributed by atoms with Crippen molar-refractivity contribution in [3.05, 3.63) is 0 Å². The molecule has 1 aliphatic rings. The van der Waals surface area contributed by atoms with E-state index in [1.54, 1.807) is 6.92 Å². The van der Waals surface area contributed by atoms with Gasteiger partial charge in [0.05, 0.1) is 12.1 Å². The molecule has 90 valence electrons. The molecule has 0 aromatic heterocycles. The first kappa shape index (κ1) is 12.8. The van der Waals surface area contributed by atoms with E-state index in [4.69, 9.17) is 10.5 Å². The average Bonchev–Trinajstić information content (AvgIpc) is 2.14. The lowest BCUT2D eigenvalue weighted by Crippen LogP contribution is -2.65. The molecule has 1 aliphatic carbocycles. The number of rotatable bonds is 5. The molecule has 1 saturated carbocycles. The van der Waals surface area contributed by atoms with Gasteiger partial charge in [-0.2, -0.15) is 8.78 Å². The van der Waals surface area contributed by atoms with E-state index < -0.39 is 34.0 Å². The van der Waals surface area contributed by atoms with E-state index in [-0.39, 0.29) is 0 Å². The van der Waals surface area contributed by atoms with Gasteiger partial charge in [0.15, 0.2) is 0 Å². The van der Waals surface area contributed by atoms with Gasteiger partial charge in [-0.3, -0.25) is 0 Å². The Bertz CT molecular complexity index is 307. The van der Waals surface area contributed by atoms with Crippen molar-refractivity contribution in [3.63, 3.8) is 0 Å². The van der Waals surface area contributed by atoms with Gasteiger partial charge in [-0.1, -0.05) is 0 Å². The minimum Gasteiger partial charge on any atom is -0.377 e. The van der Waals surface area contributed by atoms with Crippen LogP contribution in [0.3, 0.4) is 0 Å². The lowest BCUT2D eigenvalue weighted by Gasteiger charge is -2.41. The van der Waals surface area contributed by atoms with Crippen LogP contribution in [-0.4, -0.2) is 39.0 Å². The maximum absolute atomic E-state index is 12.0. The van der Waals surface area contributed by atoms with Crippen molar-refractivity contribution in [1.29, 1.82) is 0 Å². The first-order valence-corrected chi connectivity index (χ1v) is 6.09. The lowest BCUT2D eigenvalue weighted by atomic mass is 9.84. The molecule has 0 radical (unpaired) electrons. The third kappa shape index (κ3) is 2.83. The number of sulfonamides is 1. The van der Waals surface area contributed by atoms with Crippen LogP contribution >= 0.6 is 0 Å². The topological polar surface area (TPSA) is 81.4 Å². The third-order valence-corrected chi connectivity index (χ3v) is 3.35. The van der Waals surface area contributed by atoms with Gasteiger partial charge in [-0.05, 0) is 13.3 Å². The smallest absolute Gasteiger partial charge is 0.350 e. The van der Waals surface area contributed by atoms with Crippen LogP contribution < -0.4 is 10.5 Å². The predicted octanol–water partition coefficient (Wildman–Crippen LogP) is -0.367. The molecular formula is C7H14F2N2O3S. The molecule has 0 aliphatic heterocycles. The van der Waals surface area contributed by atoms with Crippen LogP contribution in [0.1, 0.15) is 13.3 Å². The Labute approximate surface area is 87.0 Å². The van der Waals surface area contributed by atoms with Gasteiger partial charge >= 0.3 is 5.76 Å². The van der Waals surface area contributed by atoms with Gasteiger partial charge in [0.25, 0.3) is 10.0 Å². The lowest BCUT2D eigenvalue weighted by molar-refractivity contribution is -0.0252. The van der Waals surface area contributed by atoms with Crippen molar-refractivity contribution in [2.45, 2.75) is 37.3 Å². The summed E-state index contributed by atoms with van der Waals surface area (Å²) >= 11 is 0. The maximum atomic E-state index is 12.0. The van der Waals surface area contributed by atoms with Gasteiger partial charge in [-0.25, -0.2) is 13.1 Å². The number of hydrogen-bond acceptors (Lipinski definition) is 4. The van der Waals surface area contributed by atoms with E-state index in [0.717, 1.165) is 0 Å². The Hall–Kier alpha value is -0.310. The van der Waals surface area contributed by atoms with Crippen LogP contribution in [0.15, 0.2) is 0 Å². The fourth-order valence-corrected chi connectivity index (χ4v) is 2.24. The first-order chi connectivity index (χ1) is 6.88. The molecule has 3 atom stereocenters. The van der Waals surface area contributed by atoms with E-state index in [1.807, 2.05) is 4.72 Å². The largest absolute Gasteiger partial charge is 0.377 e. The van der Waals surface area contributed by atoms with Crippen LogP contribution in [0, 0.1) is 0 Å². The molecule has 0 aromatic carbocycles. The molecule has 0 amide bonds. The normalized spacial score (nSPS) is 31.7. The van der Waals surface area contributed by atoms with Crippen molar-refractivity contribution in [3.8, 4) is 0 Å². The van der Waals surface area contributed by atoms with E-state index >= 15 is 0 Å². The zero-order valence-corrected chi connectivity index (χ0v) is 9.01. The summed E-state index contributed by atoms with van der Waals surface area (Å²) in [5, 5.41) is 0. The molecule has 1 fully saturated rings. The second-order valence-corrected chi connectivity index (χ2v) is 5.02. The predicted molar refractivity (Wildman–Crippen MR) is 49.9 cm³/mol. The minimum absolute atomic E-state index is 0.393. The second-order valence-electron chi connectivity index (χ2n) is 3.34. The summed E-state index contributed by atoms with van der Waals surface area (Å²) in [5.41, 5.74) is 5.50. The summed E-state index contributed by atoms with van der Waals surface area (Å²) in [7, 11) is -4.59. The van der Waals surface area contributed by atoms with Crippen LogP contribution in [0.2, 0.25) is 0 Å². The summed E-state index contributed by atoms with van der Waals surface area (Å²) in [6, 6.07) is -1.21. The summed E-state index contributed by atoms with van der Waals surface area (Å²) in [4.78, 5) is 0. The molecule has 3 N–H and O–H groups in total. The number of nitrogens with one attached hydrogen (secondary N) is 1. The van der Waals surface area contributed by atoms with Gasteiger partial charge < -0.3 is 10.5 Å². The van der Waals surface area contributed by atoms with E-state index in [9.17, 15) is 17.2 Å². The summed E-state index contributed by atoms with van der Waals surface area (Å²) in [5.74, 6) is -3.44. The molecular weight excluding hydrogens is 230 g/mol. The molecule has 0 heterocycles. The Kier molecular flexibility index (Phi) is 3.99. The Morgan fingerprint density at radius 1 is 1.60 bits per heavy atom. The fraction of sp³-hybridized carbons (Fsp3) is 1.00. The highest BCUT2D eigenvalue weighted by atomic mass is 32.2. The number of alkyl halides is 2. The number of halogens is 2. The molecule has 8 heteroatoms. The Morgan fingerprint density at radius 3 is 2.60 bits per heavy atom.